The summed E-state index contributed by atoms with van der Waals surface area (Å²) < 4.78 is 39.1. The van der Waals surface area contributed by atoms with Crippen molar-refractivity contribution in [1.82, 2.24) is 30.0 Å². The molecule has 7 nitrogen and oxygen atoms in total. The Hall–Kier alpha value is -2.65. The first-order valence-corrected chi connectivity index (χ1v) is 6.97. The number of anilines is 1. The van der Waals surface area contributed by atoms with Crippen LogP contribution in [0.15, 0.2) is 18.3 Å². The van der Waals surface area contributed by atoms with Gasteiger partial charge in [-0.1, -0.05) is 0 Å². The molecule has 0 radical (unpaired) electrons. The summed E-state index contributed by atoms with van der Waals surface area (Å²) in [6, 6.07) is 3.02. The molecule has 0 atom stereocenters. The van der Waals surface area contributed by atoms with Gasteiger partial charge in [-0.05, 0) is 37.5 Å². The fraction of sp³-hybridized carbons (Fsp3) is 0.385. The first-order chi connectivity index (χ1) is 10.9. The molecular formula is C13H14F3N7. The van der Waals surface area contributed by atoms with Gasteiger partial charge in [0.2, 0.25) is 0 Å². The van der Waals surface area contributed by atoms with Gasteiger partial charge in [-0.25, -0.2) is 0 Å². The number of hydrogen-bond acceptors (Lipinski definition) is 5. The quantitative estimate of drug-likeness (QED) is 0.703. The van der Waals surface area contributed by atoms with Crippen LogP contribution < -0.4 is 5.32 Å². The minimum absolute atomic E-state index is 0.0527. The minimum atomic E-state index is -4.59. The monoisotopic (exact) mass is 325 g/mol. The molecule has 3 heterocycles. The summed E-state index contributed by atoms with van der Waals surface area (Å²) in [4.78, 5) is 0. The number of nitrogens with one attached hydrogen (secondary N) is 2. The Morgan fingerprint density at radius 2 is 2.09 bits per heavy atom. The number of aryl methyl sites for hydroxylation is 2. The molecule has 0 aromatic carbocycles. The maximum absolute atomic E-state index is 12.8. The number of aromatic amines is 1. The van der Waals surface area contributed by atoms with Crippen LogP contribution in [0.25, 0.3) is 5.65 Å². The number of aromatic nitrogens is 6. The molecule has 3 aromatic rings. The molecule has 0 saturated heterocycles. The lowest BCUT2D eigenvalue weighted by atomic mass is 10.1. The zero-order chi connectivity index (χ0) is 16.4. The number of hydrogen-bond donors (Lipinski definition) is 2. The molecule has 10 heteroatoms. The van der Waals surface area contributed by atoms with Gasteiger partial charge < -0.3 is 5.32 Å². The number of rotatable bonds is 5. The van der Waals surface area contributed by atoms with Gasteiger partial charge in [0.25, 0.3) is 5.82 Å². The summed E-state index contributed by atoms with van der Waals surface area (Å²) in [6.45, 7) is 2.52. The third kappa shape index (κ3) is 3.25. The van der Waals surface area contributed by atoms with E-state index in [1.165, 1.54) is 6.07 Å². The van der Waals surface area contributed by atoms with Crippen molar-refractivity contribution in [2.75, 3.05) is 11.9 Å². The molecule has 0 spiro atoms. The van der Waals surface area contributed by atoms with E-state index in [4.69, 9.17) is 0 Å². The highest BCUT2D eigenvalue weighted by atomic mass is 19.4. The number of halogens is 3. The standard InChI is InChI=1S/C13H14F3N7/c1-8-9(7-18-19-8)3-2-6-17-10-4-5-11-20-21-12(13(14,15)16)23(11)22-10/h4-5,7H,2-3,6H2,1H3,(H,17,22)(H,18,19). The molecule has 0 aliphatic carbocycles. The lowest BCUT2D eigenvalue weighted by molar-refractivity contribution is -0.146. The number of H-pyrrole nitrogens is 1. The summed E-state index contributed by atoms with van der Waals surface area (Å²) in [5.41, 5.74) is 2.19. The molecule has 122 valence electrons. The van der Waals surface area contributed by atoms with Crippen LogP contribution in [0, 0.1) is 6.92 Å². The smallest absolute Gasteiger partial charge is 0.369 e. The molecule has 0 unspecified atom stereocenters. The number of nitrogens with zero attached hydrogens (tertiary/aromatic N) is 5. The van der Waals surface area contributed by atoms with E-state index in [2.05, 4.69) is 30.8 Å². The normalized spacial score (nSPS) is 12.0. The molecule has 3 rings (SSSR count). The molecule has 23 heavy (non-hydrogen) atoms. The van der Waals surface area contributed by atoms with Crippen LogP contribution in [0.2, 0.25) is 0 Å². The van der Waals surface area contributed by atoms with E-state index in [1.807, 2.05) is 6.92 Å². The highest BCUT2D eigenvalue weighted by Gasteiger charge is 2.37. The van der Waals surface area contributed by atoms with Crippen molar-refractivity contribution < 1.29 is 13.2 Å². The highest BCUT2D eigenvalue weighted by Crippen LogP contribution is 2.27. The average Bonchev–Trinajstić information content (AvgIpc) is 3.09. The van der Waals surface area contributed by atoms with Gasteiger partial charge in [-0.2, -0.15) is 22.8 Å². The van der Waals surface area contributed by atoms with Crippen molar-refractivity contribution in [2.45, 2.75) is 25.9 Å². The van der Waals surface area contributed by atoms with E-state index >= 15 is 0 Å². The van der Waals surface area contributed by atoms with E-state index in [1.54, 1.807) is 12.3 Å². The van der Waals surface area contributed by atoms with Crippen LogP contribution in [0.1, 0.15) is 23.5 Å². The predicted molar refractivity (Wildman–Crippen MR) is 75.9 cm³/mol. The molecule has 3 aromatic heterocycles. The second-order valence-electron chi connectivity index (χ2n) is 5.06. The molecule has 0 fully saturated rings. The molecule has 0 amide bonds. The van der Waals surface area contributed by atoms with Crippen molar-refractivity contribution in [1.29, 1.82) is 0 Å². The zero-order valence-corrected chi connectivity index (χ0v) is 12.2. The predicted octanol–water partition coefficient (Wildman–Crippen LogP) is 2.22. The van der Waals surface area contributed by atoms with Crippen molar-refractivity contribution in [3.63, 3.8) is 0 Å². The fourth-order valence-corrected chi connectivity index (χ4v) is 2.18. The van der Waals surface area contributed by atoms with Crippen molar-refractivity contribution in [2.24, 2.45) is 0 Å². The summed E-state index contributed by atoms with van der Waals surface area (Å²) in [5.74, 6) is -0.795. The van der Waals surface area contributed by atoms with Crippen molar-refractivity contribution in [3.8, 4) is 0 Å². The van der Waals surface area contributed by atoms with Gasteiger partial charge in [0.1, 0.15) is 5.82 Å². The van der Waals surface area contributed by atoms with E-state index in [-0.39, 0.29) is 5.65 Å². The van der Waals surface area contributed by atoms with Gasteiger partial charge in [0.05, 0.1) is 6.20 Å². The summed E-state index contributed by atoms with van der Waals surface area (Å²) in [6.07, 6.45) is -1.21. The highest BCUT2D eigenvalue weighted by molar-refractivity contribution is 5.44. The van der Waals surface area contributed by atoms with Crippen LogP contribution in [0.5, 0.6) is 0 Å². The van der Waals surface area contributed by atoms with Crippen molar-refractivity contribution in [3.05, 3.63) is 35.4 Å². The maximum Gasteiger partial charge on any atom is 0.453 e. The van der Waals surface area contributed by atoms with Gasteiger partial charge >= 0.3 is 6.18 Å². The molecule has 0 bridgehead atoms. The first kappa shape index (κ1) is 15.3. The maximum atomic E-state index is 12.8. The molecular weight excluding hydrogens is 311 g/mol. The van der Waals surface area contributed by atoms with Crippen LogP contribution in [0.4, 0.5) is 19.0 Å². The minimum Gasteiger partial charge on any atom is -0.369 e. The van der Waals surface area contributed by atoms with E-state index < -0.39 is 12.0 Å². The van der Waals surface area contributed by atoms with Crippen LogP contribution in [0.3, 0.4) is 0 Å². The summed E-state index contributed by atoms with van der Waals surface area (Å²) in [5, 5.41) is 20.3. The Bertz CT molecular complexity index is 805. The third-order valence-electron chi connectivity index (χ3n) is 3.38. The Kier molecular flexibility index (Phi) is 3.89. The van der Waals surface area contributed by atoms with Crippen LogP contribution in [-0.4, -0.2) is 36.6 Å². The second-order valence-corrected chi connectivity index (χ2v) is 5.06. The Balaban J connectivity index is 1.65. The van der Waals surface area contributed by atoms with Crippen LogP contribution >= 0.6 is 0 Å². The topological polar surface area (TPSA) is 83.8 Å². The number of fused-ring (bicyclic) bond motifs is 1. The van der Waals surface area contributed by atoms with Gasteiger partial charge in [-0.3, -0.25) is 5.10 Å². The molecule has 0 saturated carbocycles. The van der Waals surface area contributed by atoms with Crippen molar-refractivity contribution >= 4 is 11.5 Å². The van der Waals surface area contributed by atoms with E-state index in [9.17, 15) is 13.2 Å². The van der Waals surface area contributed by atoms with Gasteiger partial charge in [0, 0.05) is 12.2 Å². The average molecular weight is 325 g/mol. The Morgan fingerprint density at radius 3 is 2.78 bits per heavy atom. The summed E-state index contributed by atoms with van der Waals surface area (Å²) >= 11 is 0. The molecule has 2 N–H and O–H groups in total. The number of alkyl halides is 3. The van der Waals surface area contributed by atoms with Gasteiger partial charge in [-0.15, -0.1) is 15.3 Å². The zero-order valence-electron chi connectivity index (χ0n) is 12.2. The Labute approximate surface area is 128 Å². The van der Waals surface area contributed by atoms with Crippen LogP contribution in [-0.2, 0) is 12.6 Å². The fourth-order valence-electron chi connectivity index (χ4n) is 2.18. The van der Waals surface area contributed by atoms with E-state index in [0.717, 1.165) is 24.1 Å². The van der Waals surface area contributed by atoms with Gasteiger partial charge in [0.15, 0.2) is 5.65 Å². The third-order valence-corrected chi connectivity index (χ3v) is 3.38. The second kappa shape index (κ2) is 5.86. The molecule has 0 aliphatic heterocycles. The SMILES string of the molecule is Cc1[nH]ncc1CCCNc1ccc2nnc(C(F)(F)F)n2n1. The first-order valence-electron chi connectivity index (χ1n) is 6.97. The molecule has 0 aliphatic rings. The summed E-state index contributed by atoms with van der Waals surface area (Å²) in [7, 11) is 0. The largest absolute Gasteiger partial charge is 0.453 e. The lowest BCUT2D eigenvalue weighted by Crippen LogP contribution is -2.14. The lowest BCUT2D eigenvalue weighted by Gasteiger charge is -2.07. The Morgan fingerprint density at radius 1 is 1.26 bits per heavy atom. The van der Waals surface area contributed by atoms with E-state index in [0.29, 0.717) is 16.9 Å².